The molecule has 0 aliphatic heterocycles. The summed E-state index contributed by atoms with van der Waals surface area (Å²) in [6, 6.07) is 5.79. The van der Waals surface area contributed by atoms with Crippen molar-refractivity contribution in [3.05, 3.63) is 23.8 Å². The zero-order valence-electron chi connectivity index (χ0n) is 13.4. The lowest BCUT2D eigenvalue weighted by Crippen LogP contribution is -2.37. The highest BCUT2D eigenvalue weighted by Crippen LogP contribution is 2.29. The molecule has 0 amide bonds. The maximum Gasteiger partial charge on any atom is 0.123 e. The summed E-state index contributed by atoms with van der Waals surface area (Å²) < 4.78 is 10.6. The molecule has 0 heterocycles. The van der Waals surface area contributed by atoms with Gasteiger partial charge in [-0.25, -0.2) is 0 Å². The first-order valence-corrected chi connectivity index (χ1v) is 6.93. The molecule has 0 saturated carbocycles. The number of rotatable bonds is 6. The van der Waals surface area contributed by atoms with E-state index in [9.17, 15) is 5.11 Å². The number of aliphatic hydroxyl groups is 1. The molecule has 4 heteroatoms. The maximum absolute atomic E-state index is 10.1. The van der Waals surface area contributed by atoms with Gasteiger partial charge in [0.05, 0.1) is 20.3 Å². The van der Waals surface area contributed by atoms with E-state index in [1.54, 1.807) is 14.2 Å². The lowest BCUT2D eigenvalue weighted by Gasteiger charge is -2.28. The van der Waals surface area contributed by atoms with Crippen molar-refractivity contribution in [1.29, 1.82) is 0 Å². The Bertz CT molecular complexity index is 426. The highest BCUT2D eigenvalue weighted by molar-refractivity contribution is 5.42. The molecule has 0 aliphatic carbocycles. The predicted molar refractivity (Wildman–Crippen MR) is 81.4 cm³/mol. The SMILES string of the molecule is COc1ccc(OC)c(C(C)NCC(O)C(C)(C)C)c1. The Morgan fingerprint density at radius 3 is 2.35 bits per heavy atom. The first kappa shape index (κ1) is 16.8. The average molecular weight is 281 g/mol. The Labute approximate surface area is 122 Å². The zero-order valence-corrected chi connectivity index (χ0v) is 13.4. The van der Waals surface area contributed by atoms with Crippen molar-refractivity contribution in [2.75, 3.05) is 20.8 Å². The number of hydrogen-bond donors (Lipinski definition) is 2. The highest BCUT2D eigenvalue weighted by atomic mass is 16.5. The van der Waals surface area contributed by atoms with E-state index in [4.69, 9.17) is 9.47 Å². The van der Waals surface area contributed by atoms with Gasteiger partial charge in [-0.1, -0.05) is 20.8 Å². The lowest BCUT2D eigenvalue weighted by molar-refractivity contribution is 0.0608. The van der Waals surface area contributed by atoms with E-state index in [0.29, 0.717) is 6.54 Å². The van der Waals surface area contributed by atoms with E-state index in [1.807, 2.05) is 45.9 Å². The topological polar surface area (TPSA) is 50.7 Å². The van der Waals surface area contributed by atoms with E-state index >= 15 is 0 Å². The Kier molecular flexibility index (Phi) is 5.84. The van der Waals surface area contributed by atoms with Crippen LogP contribution in [0.5, 0.6) is 11.5 Å². The third-order valence-electron chi connectivity index (χ3n) is 3.52. The van der Waals surface area contributed by atoms with Crippen LogP contribution in [-0.2, 0) is 0 Å². The zero-order chi connectivity index (χ0) is 15.3. The smallest absolute Gasteiger partial charge is 0.123 e. The van der Waals surface area contributed by atoms with Gasteiger partial charge >= 0.3 is 0 Å². The number of nitrogens with one attached hydrogen (secondary N) is 1. The van der Waals surface area contributed by atoms with Crippen LogP contribution in [0, 0.1) is 5.41 Å². The van der Waals surface area contributed by atoms with Gasteiger partial charge in [-0.15, -0.1) is 0 Å². The fourth-order valence-corrected chi connectivity index (χ4v) is 1.88. The minimum absolute atomic E-state index is 0.0667. The van der Waals surface area contributed by atoms with Crippen molar-refractivity contribution in [1.82, 2.24) is 5.32 Å². The molecule has 1 aromatic rings. The first-order chi connectivity index (χ1) is 9.29. The summed E-state index contributed by atoms with van der Waals surface area (Å²) in [7, 11) is 3.30. The van der Waals surface area contributed by atoms with Gasteiger partial charge in [0.15, 0.2) is 0 Å². The summed E-state index contributed by atoms with van der Waals surface area (Å²) in [6.07, 6.45) is -0.401. The standard InChI is InChI=1S/C16H27NO3/c1-11(17-10-15(18)16(2,3)4)13-9-12(19-5)7-8-14(13)20-6/h7-9,11,15,17-18H,10H2,1-6H3. The van der Waals surface area contributed by atoms with Crippen molar-refractivity contribution in [2.24, 2.45) is 5.41 Å². The van der Waals surface area contributed by atoms with E-state index in [1.165, 1.54) is 0 Å². The molecule has 0 radical (unpaired) electrons. The normalized spacial score (nSPS) is 14.8. The molecule has 0 saturated heterocycles. The molecule has 0 aromatic heterocycles. The second kappa shape index (κ2) is 6.95. The van der Waals surface area contributed by atoms with Crippen LogP contribution in [0.1, 0.15) is 39.3 Å². The van der Waals surface area contributed by atoms with Crippen LogP contribution in [0.2, 0.25) is 0 Å². The number of methoxy groups -OCH3 is 2. The van der Waals surface area contributed by atoms with Crippen molar-refractivity contribution < 1.29 is 14.6 Å². The average Bonchev–Trinajstić information content (AvgIpc) is 2.42. The highest BCUT2D eigenvalue weighted by Gasteiger charge is 2.23. The molecule has 2 unspecified atom stereocenters. The minimum atomic E-state index is -0.401. The second-order valence-corrected chi connectivity index (χ2v) is 6.12. The van der Waals surface area contributed by atoms with Crippen LogP contribution in [0.15, 0.2) is 18.2 Å². The molecule has 1 rings (SSSR count). The van der Waals surface area contributed by atoms with E-state index in [-0.39, 0.29) is 11.5 Å². The molecule has 20 heavy (non-hydrogen) atoms. The van der Waals surface area contributed by atoms with E-state index in [0.717, 1.165) is 17.1 Å². The van der Waals surface area contributed by atoms with Gasteiger partial charge in [0.2, 0.25) is 0 Å². The van der Waals surface area contributed by atoms with Crippen LogP contribution >= 0.6 is 0 Å². The quantitative estimate of drug-likeness (QED) is 0.842. The third kappa shape index (κ3) is 4.39. The Morgan fingerprint density at radius 1 is 1.20 bits per heavy atom. The first-order valence-electron chi connectivity index (χ1n) is 6.93. The van der Waals surface area contributed by atoms with Crippen LogP contribution in [0.3, 0.4) is 0 Å². The van der Waals surface area contributed by atoms with Crippen molar-refractivity contribution in [3.63, 3.8) is 0 Å². The number of aliphatic hydroxyl groups excluding tert-OH is 1. The molecule has 0 fully saturated rings. The summed E-state index contributed by atoms with van der Waals surface area (Å²) in [6.45, 7) is 8.65. The maximum atomic E-state index is 10.1. The fraction of sp³-hybridized carbons (Fsp3) is 0.625. The van der Waals surface area contributed by atoms with Crippen molar-refractivity contribution in [3.8, 4) is 11.5 Å². The summed E-state index contributed by atoms with van der Waals surface area (Å²) >= 11 is 0. The largest absolute Gasteiger partial charge is 0.497 e. The molecule has 114 valence electrons. The van der Waals surface area contributed by atoms with Crippen LogP contribution in [0.25, 0.3) is 0 Å². The molecule has 0 spiro atoms. The van der Waals surface area contributed by atoms with Crippen molar-refractivity contribution in [2.45, 2.75) is 39.8 Å². The van der Waals surface area contributed by atoms with Gasteiger partial charge in [0.1, 0.15) is 11.5 Å². The Balaban J connectivity index is 2.78. The third-order valence-corrected chi connectivity index (χ3v) is 3.52. The second-order valence-electron chi connectivity index (χ2n) is 6.12. The van der Waals surface area contributed by atoms with Gasteiger partial charge in [-0.2, -0.15) is 0 Å². The molecular formula is C16H27NO3. The van der Waals surface area contributed by atoms with Crippen LogP contribution in [-0.4, -0.2) is 32.0 Å². The molecule has 0 bridgehead atoms. The molecule has 1 aromatic carbocycles. The number of ether oxygens (including phenoxy) is 2. The molecule has 0 aliphatic rings. The van der Waals surface area contributed by atoms with Gasteiger partial charge in [-0.05, 0) is 30.5 Å². The molecule has 2 atom stereocenters. The van der Waals surface area contributed by atoms with Gasteiger partial charge in [-0.3, -0.25) is 0 Å². The van der Waals surface area contributed by atoms with Gasteiger partial charge in [0, 0.05) is 18.2 Å². The van der Waals surface area contributed by atoms with Gasteiger partial charge < -0.3 is 19.9 Å². The monoisotopic (exact) mass is 281 g/mol. The van der Waals surface area contributed by atoms with Crippen molar-refractivity contribution >= 4 is 0 Å². The minimum Gasteiger partial charge on any atom is -0.497 e. The summed E-state index contributed by atoms with van der Waals surface area (Å²) in [5.41, 5.74) is 0.888. The summed E-state index contributed by atoms with van der Waals surface area (Å²) in [4.78, 5) is 0. The number of benzene rings is 1. The van der Waals surface area contributed by atoms with E-state index in [2.05, 4.69) is 5.32 Å². The molecular weight excluding hydrogens is 254 g/mol. The number of hydrogen-bond acceptors (Lipinski definition) is 4. The summed E-state index contributed by atoms with van der Waals surface area (Å²) in [5, 5.41) is 13.4. The van der Waals surface area contributed by atoms with Crippen LogP contribution in [0.4, 0.5) is 0 Å². The predicted octanol–water partition coefficient (Wildman–Crippen LogP) is 2.76. The summed E-state index contributed by atoms with van der Waals surface area (Å²) in [5.74, 6) is 1.61. The van der Waals surface area contributed by atoms with Gasteiger partial charge in [0.25, 0.3) is 0 Å². The lowest BCUT2D eigenvalue weighted by atomic mass is 9.89. The van der Waals surface area contributed by atoms with E-state index < -0.39 is 6.10 Å². The Morgan fingerprint density at radius 2 is 1.85 bits per heavy atom. The fourth-order valence-electron chi connectivity index (χ4n) is 1.88. The molecule has 4 nitrogen and oxygen atoms in total. The molecule has 2 N–H and O–H groups in total. The van der Waals surface area contributed by atoms with Crippen LogP contribution < -0.4 is 14.8 Å². The Hall–Kier alpha value is -1.26.